The molecule has 0 spiro atoms. The van der Waals surface area contributed by atoms with Gasteiger partial charge in [-0.2, -0.15) is 5.26 Å². The number of hydrogen-bond donors (Lipinski definition) is 2. The Morgan fingerprint density at radius 3 is 2.59 bits per heavy atom. The summed E-state index contributed by atoms with van der Waals surface area (Å²) >= 11 is 0. The number of nitrogens with two attached hydrogens (primary N) is 1. The molecule has 41 heavy (non-hydrogen) atoms. The standard InChI is InChI=1S/C29H40N8O4/c1-19-22(16-30)6-5-7-23(19)20(2)32-27-25(28-39-14-15-40-28)26(33-21(3)34-27)29(37-10-8-35(4)9-11-37)18-36(12-13-41-29)17-24(31)38/h5-7,20,28H,8-15,17-18H2,1-4H3,(H2,31,38)(H,32,33,34)/t20-,29?/m1/s1. The van der Waals surface area contributed by atoms with E-state index in [0.717, 1.165) is 37.3 Å². The van der Waals surface area contributed by atoms with E-state index >= 15 is 0 Å². The zero-order valence-corrected chi connectivity index (χ0v) is 24.4. The highest BCUT2D eigenvalue weighted by Crippen LogP contribution is 2.42. The normalized spacial score (nSPS) is 23.8. The maximum Gasteiger partial charge on any atom is 0.231 e. The highest BCUT2D eigenvalue weighted by Gasteiger charge is 2.49. The fourth-order valence-electron chi connectivity index (χ4n) is 6.04. The number of aryl methyl sites for hydroxylation is 1. The smallest absolute Gasteiger partial charge is 0.231 e. The van der Waals surface area contributed by atoms with Gasteiger partial charge in [0.1, 0.15) is 17.3 Å². The minimum atomic E-state index is -0.969. The molecule has 3 aliphatic heterocycles. The van der Waals surface area contributed by atoms with Crippen LogP contribution in [0.25, 0.3) is 0 Å². The first-order valence-corrected chi connectivity index (χ1v) is 14.2. The Labute approximate surface area is 241 Å². The van der Waals surface area contributed by atoms with Crippen molar-refractivity contribution in [1.82, 2.24) is 24.7 Å². The first-order chi connectivity index (χ1) is 19.7. The third kappa shape index (κ3) is 6.06. The topological polar surface area (TPSA) is 142 Å². The van der Waals surface area contributed by atoms with Crippen LogP contribution in [0.3, 0.4) is 0 Å². The van der Waals surface area contributed by atoms with E-state index in [1.165, 1.54) is 0 Å². The van der Waals surface area contributed by atoms with Crippen LogP contribution in [0.1, 0.15) is 53.0 Å². The van der Waals surface area contributed by atoms with E-state index in [4.69, 9.17) is 29.9 Å². The van der Waals surface area contributed by atoms with Gasteiger partial charge < -0.3 is 30.2 Å². The molecule has 1 amide bonds. The van der Waals surface area contributed by atoms with Crippen molar-refractivity contribution in [2.75, 3.05) is 78.0 Å². The van der Waals surface area contributed by atoms with Gasteiger partial charge in [-0.15, -0.1) is 0 Å². The summed E-state index contributed by atoms with van der Waals surface area (Å²) in [4.78, 5) is 28.5. The summed E-state index contributed by atoms with van der Waals surface area (Å²) < 4.78 is 18.9. The Kier molecular flexibility index (Phi) is 8.84. The van der Waals surface area contributed by atoms with Gasteiger partial charge in [-0.25, -0.2) is 9.97 Å². The number of carbonyl (C=O) groups is 1. The maximum absolute atomic E-state index is 12.0. The number of rotatable bonds is 8. The molecule has 1 aromatic carbocycles. The molecule has 2 aromatic rings. The monoisotopic (exact) mass is 564 g/mol. The number of nitriles is 1. The molecule has 0 radical (unpaired) electrons. The van der Waals surface area contributed by atoms with Crippen molar-refractivity contribution < 1.29 is 19.0 Å². The van der Waals surface area contributed by atoms with Crippen molar-refractivity contribution in [3.8, 4) is 6.07 Å². The average Bonchev–Trinajstić information content (AvgIpc) is 3.47. The van der Waals surface area contributed by atoms with Crippen LogP contribution in [0, 0.1) is 25.2 Å². The summed E-state index contributed by atoms with van der Waals surface area (Å²) in [6.45, 7) is 11.6. The van der Waals surface area contributed by atoms with E-state index in [9.17, 15) is 10.1 Å². The van der Waals surface area contributed by atoms with E-state index in [1.807, 2.05) is 43.9 Å². The molecule has 0 bridgehead atoms. The molecule has 3 aliphatic rings. The number of anilines is 1. The lowest BCUT2D eigenvalue weighted by Gasteiger charge is -2.51. The second-order valence-electron chi connectivity index (χ2n) is 11.1. The molecule has 220 valence electrons. The van der Waals surface area contributed by atoms with Crippen molar-refractivity contribution in [3.05, 3.63) is 52.0 Å². The number of likely N-dealkylation sites (N-methyl/N-ethyl adjacent to an activating group) is 1. The maximum atomic E-state index is 12.0. The number of nitrogens with one attached hydrogen (secondary N) is 1. The third-order valence-electron chi connectivity index (χ3n) is 8.18. The summed E-state index contributed by atoms with van der Waals surface area (Å²) in [6, 6.07) is 7.83. The number of hydrogen-bond acceptors (Lipinski definition) is 11. The van der Waals surface area contributed by atoms with E-state index in [-0.39, 0.29) is 18.5 Å². The van der Waals surface area contributed by atoms with Gasteiger partial charge in [0.25, 0.3) is 0 Å². The summed E-state index contributed by atoms with van der Waals surface area (Å²) in [5, 5.41) is 13.2. The highest BCUT2D eigenvalue weighted by atomic mass is 16.7. The zero-order chi connectivity index (χ0) is 29.1. The number of morpholine rings is 1. The molecule has 5 rings (SSSR count). The van der Waals surface area contributed by atoms with Crippen molar-refractivity contribution in [3.63, 3.8) is 0 Å². The Balaban J connectivity index is 1.63. The highest BCUT2D eigenvalue weighted by molar-refractivity contribution is 5.76. The van der Waals surface area contributed by atoms with Gasteiger partial charge in [0.2, 0.25) is 5.91 Å². The lowest BCUT2D eigenvalue weighted by molar-refractivity contribution is -0.216. The summed E-state index contributed by atoms with van der Waals surface area (Å²) in [7, 11) is 2.11. The van der Waals surface area contributed by atoms with Gasteiger partial charge >= 0.3 is 0 Å². The minimum absolute atomic E-state index is 0.130. The van der Waals surface area contributed by atoms with Gasteiger partial charge in [-0.3, -0.25) is 14.6 Å². The molecule has 1 aromatic heterocycles. The number of aromatic nitrogens is 2. The second-order valence-corrected chi connectivity index (χ2v) is 11.1. The fraction of sp³-hybridized carbons (Fsp3) is 0.586. The fourth-order valence-corrected chi connectivity index (χ4v) is 6.04. The Bertz CT molecular complexity index is 1300. The molecule has 3 fully saturated rings. The first kappa shape index (κ1) is 29.3. The van der Waals surface area contributed by atoms with E-state index in [1.54, 1.807) is 0 Å². The van der Waals surface area contributed by atoms with Gasteiger partial charge in [-0.1, -0.05) is 12.1 Å². The van der Waals surface area contributed by atoms with E-state index in [2.05, 4.69) is 28.2 Å². The number of ether oxygens (including phenoxy) is 3. The molecule has 0 saturated carbocycles. The zero-order valence-electron chi connectivity index (χ0n) is 24.4. The molecule has 12 nitrogen and oxygen atoms in total. The van der Waals surface area contributed by atoms with Gasteiger partial charge in [-0.05, 0) is 45.0 Å². The number of carbonyl (C=O) groups excluding carboxylic acids is 1. The number of benzene rings is 1. The van der Waals surface area contributed by atoms with Gasteiger partial charge in [0.05, 0.1) is 49.6 Å². The number of piperazine rings is 1. The lowest BCUT2D eigenvalue weighted by Crippen LogP contribution is -2.64. The van der Waals surface area contributed by atoms with Crippen LogP contribution >= 0.6 is 0 Å². The van der Waals surface area contributed by atoms with E-state index in [0.29, 0.717) is 61.4 Å². The average molecular weight is 565 g/mol. The number of amides is 1. The Hall–Kier alpha value is -3.18. The predicted octanol–water partition coefficient (Wildman–Crippen LogP) is 1.40. The van der Waals surface area contributed by atoms with Crippen LogP contribution < -0.4 is 11.1 Å². The second kappa shape index (κ2) is 12.4. The van der Waals surface area contributed by atoms with Crippen LogP contribution in [-0.4, -0.2) is 103 Å². The molecule has 3 N–H and O–H groups in total. The largest absolute Gasteiger partial charge is 0.369 e. The van der Waals surface area contributed by atoms with Crippen LogP contribution in [0.4, 0.5) is 5.82 Å². The molecule has 3 saturated heterocycles. The summed E-state index contributed by atoms with van der Waals surface area (Å²) in [5.74, 6) is 0.785. The molecule has 1 unspecified atom stereocenters. The SMILES string of the molecule is Cc1nc(N[C@H](C)c2cccc(C#N)c2C)c(C2OCCO2)c(C2(N3CCN(C)CC3)CN(CC(N)=O)CCO2)n1. The lowest BCUT2D eigenvalue weighted by atomic mass is 9.96. The molecule has 2 atom stereocenters. The quantitative estimate of drug-likeness (QED) is 0.480. The molecule has 12 heteroatoms. The van der Waals surface area contributed by atoms with Gasteiger partial charge in [0.15, 0.2) is 12.0 Å². The Morgan fingerprint density at radius 1 is 1.17 bits per heavy atom. The van der Waals surface area contributed by atoms with E-state index < -0.39 is 12.0 Å². The molecular weight excluding hydrogens is 524 g/mol. The van der Waals surface area contributed by atoms with Crippen LogP contribution in [0.2, 0.25) is 0 Å². The predicted molar refractivity (Wildman–Crippen MR) is 152 cm³/mol. The van der Waals surface area contributed by atoms with Crippen LogP contribution in [0.15, 0.2) is 18.2 Å². The van der Waals surface area contributed by atoms with Gasteiger partial charge in [0, 0.05) is 39.3 Å². The first-order valence-electron chi connectivity index (χ1n) is 14.2. The summed E-state index contributed by atoms with van der Waals surface area (Å²) in [6.07, 6.45) is -0.689. The number of primary amides is 1. The van der Waals surface area contributed by atoms with Crippen LogP contribution in [-0.2, 0) is 24.7 Å². The Morgan fingerprint density at radius 2 is 1.90 bits per heavy atom. The number of nitrogens with zero attached hydrogens (tertiary/aromatic N) is 6. The van der Waals surface area contributed by atoms with Crippen molar-refractivity contribution in [1.29, 1.82) is 5.26 Å². The van der Waals surface area contributed by atoms with Crippen molar-refractivity contribution in [2.45, 2.75) is 38.8 Å². The molecule has 4 heterocycles. The third-order valence-corrected chi connectivity index (χ3v) is 8.18. The summed E-state index contributed by atoms with van der Waals surface area (Å²) in [5.41, 5.74) is 8.58. The molecular formula is C29H40N8O4. The van der Waals surface area contributed by atoms with Crippen molar-refractivity contribution in [2.24, 2.45) is 5.73 Å². The molecule has 0 aliphatic carbocycles. The van der Waals surface area contributed by atoms with Crippen LogP contribution in [0.5, 0.6) is 0 Å². The minimum Gasteiger partial charge on any atom is -0.369 e. The van der Waals surface area contributed by atoms with Crippen molar-refractivity contribution >= 4 is 11.7 Å².